The first-order chi connectivity index (χ1) is 10.2. The molecular formula is C16H14O5. The summed E-state index contributed by atoms with van der Waals surface area (Å²) >= 11 is 0. The number of carboxylic acid groups (broad SMARTS) is 1. The van der Waals surface area contributed by atoms with E-state index in [1.54, 1.807) is 18.2 Å². The molecule has 0 radical (unpaired) electrons. The molecule has 108 valence electrons. The first-order valence-electron chi connectivity index (χ1n) is 6.49. The van der Waals surface area contributed by atoms with Gasteiger partial charge in [0.05, 0.1) is 7.11 Å². The molecule has 2 aromatic rings. The molecule has 1 heterocycles. The Morgan fingerprint density at radius 3 is 2.67 bits per heavy atom. The Balaban J connectivity index is 2.14. The monoisotopic (exact) mass is 286 g/mol. The minimum absolute atomic E-state index is 0.405. The van der Waals surface area contributed by atoms with Crippen molar-refractivity contribution < 1.29 is 24.1 Å². The van der Waals surface area contributed by atoms with Gasteiger partial charge in [0.1, 0.15) is 5.75 Å². The van der Waals surface area contributed by atoms with Crippen molar-refractivity contribution in [1.29, 1.82) is 0 Å². The van der Waals surface area contributed by atoms with E-state index in [0.29, 0.717) is 23.7 Å². The van der Waals surface area contributed by atoms with Gasteiger partial charge in [0, 0.05) is 12.0 Å². The molecule has 1 atom stereocenters. The fourth-order valence-corrected chi connectivity index (χ4v) is 2.31. The summed E-state index contributed by atoms with van der Waals surface area (Å²) < 4.78 is 16.3. The van der Waals surface area contributed by atoms with Crippen LogP contribution < -0.4 is 14.2 Å². The van der Waals surface area contributed by atoms with Gasteiger partial charge >= 0.3 is 12.3 Å². The summed E-state index contributed by atoms with van der Waals surface area (Å²) in [6.45, 7) is 0. The maximum absolute atomic E-state index is 11.3. The normalized spacial score (nSPS) is 16.3. The highest BCUT2D eigenvalue weighted by Crippen LogP contribution is 2.37. The Kier molecular flexibility index (Phi) is 3.39. The highest BCUT2D eigenvalue weighted by atomic mass is 16.7. The summed E-state index contributed by atoms with van der Waals surface area (Å²) in [6.07, 6.45) is -0.837. The van der Waals surface area contributed by atoms with Crippen LogP contribution in [-0.2, 0) is 11.2 Å². The average molecular weight is 286 g/mol. The highest BCUT2D eigenvalue weighted by molar-refractivity contribution is 5.72. The zero-order valence-corrected chi connectivity index (χ0v) is 11.4. The van der Waals surface area contributed by atoms with E-state index in [-0.39, 0.29) is 0 Å². The highest BCUT2D eigenvalue weighted by Gasteiger charge is 2.28. The van der Waals surface area contributed by atoms with Crippen molar-refractivity contribution in [3.8, 4) is 17.2 Å². The van der Waals surface area contributed by atoms with Gasteiger partial charge in [-0.15, -0.1) is 0 Å². The Morgan fingerprint density at radius 1 is 1.14 bits per heavy atom. The van der Waals surface area contributed by atoms with Gasteiger partial charge in [0.25, 0.3) is 0 Å². The van der Waals surface area contributed by atoms with Crippen LogP contribution in [0.5, 0.6) is 17.2 Å². The van der Waals surface area contributed by atoms with Crippen LogP contribution >= 0.6 is 0 Å². The molecule has 0 fully saturated rings. The number of hydrogen-bond acceptors (Lipinski definition) is 4. The molecule has 0 aliphatic carbocycles. The molecule has 0 bridgehead atoms. The first-order valence-corrected chi connectivity index (χ1v) is 6.49. The Labute approximate surface area is 121 Å². The predicted molar refractivity (Wildman–Crippen MR) is 74.9 cm³/mol. The topological polar surface area (TPSA) is 65.0 Å². The lowest BCUT2D eigenvalue weighted by atomic mass is 10.0. The molecule has 1 aliphatic rings. The number of fused-ring (bicyclic) bond motifs is 2. The van der Waals surface area contributed by atoms with E-state index in [0.717, 1.165) is 11.1 Å². The van der Waals surface area contributed by atoms with Gasteiger partial charge in [-0.1, -0.05) is 30.3 Å². The molecular weight excluding hydrogens is 272 g/mol. The lowest BCUT2D eigenvalue weighted by molar-refractivity contribution is -0.158. The maximum atomic E-state index is 11.3. The minimum Gasteiger partial charge on any atom is -0.493 e. The SMILES string of the molecule is COc1cccc2c1OC(C(=O)O)Oc1ccccc1C2. The minimum atomic E-state index is -1.42. The van der Waals surface area contributed by atoms with Crippen molar-refractivity contribution in [1.82, 2.24) is 0 Å². The van der Waals surface area contributed by atoms with E-state index in [2.05, 4.69) is 0 Å². The van der Waals surface area contributed by atoms with E-state index < -0.39 is 12.3 Å². The molecule has 0 spiro atoms. The number of carbonyl (C=O) groups is 1. The van der Waals surface area contributed by atoms with E-state index >= 15 is 0 Å². The van der Waals surface area contributed by atoms with Gasteiger partial charge in [-0.2, -0.15) is 0 Å². The van der Waals surface area contributed by atoms with Crippen LogP contribution in [0.1, 0.15) is 11.1 Å². The Morgan fingerprint density at radius 2 is 1.90 bits per heavy atom. The second-order valence-electron chi connectivity index (χ2n) is 4.64. The molecule has 2 aromatic carbocycles. The fraction of sp³-hybridized carbons (Fsp3) is 0.188. The second kappa shape index (κ2) is 5.36. The molecule has 3 rings (SSSR count). The summed E-state index contributed by atoms with van der Waals surface area (Å²) in [5.41, 5.74) is 1.76. The van der Waals surface area contributed by atoms with Gasteiger partial charge in [0.15, 0.2) is 11.5 Å². The third kappa shape index (κ3) is 2.50. The predicted octanol–water partition coefficient (Wildman–Crippen LogP) is 2.47. The van der Waals surface area contributed by atoms with Crippen LogP contribution in [0.2, 0.25) is 0 Å². The van der Waals surface area contributed by atoms with Crippen LogP contribution in [-0.4, -0.2) is 24.5 Å². The lowest BCUT2D eigenvalue weighted by Crippen LogP contribution is -2.34. The molecule has 0 aromatic heterocycles. The number of hydrogen-bond donors (Lipinski definition) is 1. The Bertz CT molecular complexity index is 680. The number of benzene rings is 2. The van der Waals surface area contributed by atoms with Gasteiger partial charge in [-0.25, -0.2) is 4.79 Å². The van der Waals surface area contributed by atoms with Gasteiger partial charge in [0.2, 0.25) is 0 Å². The third-order valence-corrected chi connectivity index (χ3v) is 3.29. The van der Waals surface area contributed by atoms with Crippen LogP contribution in [0.25, 0.3) is 0 Å². The van der Waals surface area contributed by atoms with E-state index in [4.69, 9.17) is 14.2 Å². The summed E-state index contributed by atoms with van der Waals surface area (Å²) in [7, 11) is 1.52. The number of methoxy groups -OCH3 is 1. The van der Waals surface area contributed by atoms with Gasteiger partial charge in [-0.05, 0) is 17.7 Å². The summed E-state index contributed by atoms with van der Waals surface area (Å²) in [5, 5.41) is 9.28. The molecule has 1 N–H and O–H groups in total. The molecule has 21 heavy (non-hydrogen) atoms. The molecule has 0 amide bonds. The number of para-hydroxylation sites is 2. The maximum Gasteiger partial charge on any atom is 0.387 e. The third-order valence-electron chi connectivity index (χ3n) is 3.29. The van der Waals surface area contributed by atoms with Crippen molar-refractivity contribution in [2.75, 3.05) is 7.11 Å². The van der Waals surface area contributed by atoms with Crippen molar-refractivity contribution in [3.63, 3.8) is 0 Å². The van der Waals surface area contributed by atoms with Crippen LogP contribution in [0.3, 0.4) is 0 Å². The van der Waals surface area contributed by atoms with Crippen molar-refractivity contribution in [2.24, 2.45) is 0 Å². The van der Waals surface area contributed by atoms with Gasteiger partial charge < -0.3 is 19.3 Å². The standard InChI is InChI=1S/C16H14O5/c1-19-13-8-4-6-11-9-10-5-2-3-7-12(10)20-16(15(17)18)21-14(11)13/h2-8,16H,9H2,1H3,(H,17,18). The van der Waals surface area contributed by atoms with E-state index in [1.807, 2.05) is 24.3 Å². The number of carboxylic acids is 1. The quantitative estimate of drug-likeness (QED) is 0.918. The molecule has 0 saturated carbocycles. The smallest absolute Gasteiger partial charge is 0.387 e. The molecule has 5 nitrogen and oxygen atoms in total. The van der Waals surface area contributed by atoms with Crippen LogP contribution in [0.4, 0.5) is 0 Å². The van der Waals surface area contributed by atoms with Crippen molar-refractivity contribution >= 4 is 5.97 Å². The largest absolute Gasteiger partial charge is 0.493 e. The summed E-state index contributed by atoms with van der Waals surface area (Å²) in [6, 6.07) is 12.8. The number of ether oxygens (including phenoxy) is 3. The van der Waals surface area contributed by atoms with Crippen LogP contribution in [0, 0.1) is 0 Å². The zero-order valence-electron chi connectivity index (χ0n) is 11.4. The van der Waals surface area contributed by atoms with Crippen LogP contribution in [0.15, 0.2) is 42.5 Å². The molecule has 1 aliphatic heterocycles. The lowest BCUT2D eigenvalue weighted by Gasteiger charge is -2.24. The van der Waals surface area contributed by atoms with Gasteiger partial charge in [-0.3, -0.25) is 0 Å². The fourth-order valence-electron chi connectivity index (χ4n) is 2.31. The molecule has 0 saturated heterocycles. The molecule has 1 unspecified atom stereocenters. The molecule has 5 heteroatoms. The first kappa shape index (κ1) is 13.3. The summed E-state index contributed by atoms with van der Waals surface area (Å²) in [4.78, 5) is 11.3. The number of aliphatic carboxylic acids is 1. The van der Waals surface area contributed by atoms with E-state index in [1.165, 1.54) is 7.11 Å². The van der Waals surface area contributed by atoms with Crippen molar-refractivity contribution in [3.05, 3.63) is 53.6 Å². The zero-order chi connectivity index (χ0) is 14.8. The Hall–Kier alpha value is -2.69. The van der Waals surface area contributed by atoms with E-state index in [9.17, 15) is 9.90 Å². The second-order valence-corrected chi connectivity index (χ2v) is 4.64. The van der Waals surface area contributed by atoms with Crippen molar-refractivity contribution in [2.45, 2.75) is 12.7 Å². The average Bonchev–Trinajstić information content (AvgIpc) is 2.46. The summed E-state index contributed by atoms with van der Waals surface area (Å²) in [5.74, 6) is 0.213. The number of rotatable bonds is 2.